The van der Waals surface area contributed by atoms with Gasteiger partial charge in [-0.2, -0.15) is 0 Å². The molecule has 3 amide bonds. The third-order valence-electron chi connectivity index (χ3n) is 5.30. The molecule has 2 aromatic rings. The van der Waals surface area contributed by atoms with Crippen molar-refractivity contribution in [3.63, 3.8) is 0 Å². The highest BCUT2D eigenvalue weighted by atomic mass is 32.2. The van der Waals surface area contributed by atoms with Crippen molar-refractivity contribution in [2.45, 2.75) is 38.0 Å². The van der Waals surface area contributed by atoms with Crippen molar-refractivity contribution in [1.82, 2.24) is 20.3 Å². The lowest BCUT2D eigenvalue weighted by molar-refractivity contribution is -0.125. The maximum absolute atomic E-state index is 12.6. The molecule has 196 valence electrons. The molecule has 0 aliphatic heterocycles. The lowest BCUT2D eigenvalue weighted by atomic mass is 10.0. The van der Waals surface area contributed by atoms with Gasteiger partial charge in [-0.05, 0) is 43.0 Å². The first-order chi connectivity index (χ1) is 17.2. The van der Waals surface area contributed by atoms with Crippen molar-refractivity contribution < 1.29 is 32.3 Å². The zero-order valence-electron chi connectivity index (χ0n) is 20.6. The van der Waals surface area contributed by atoms with Crippen LogP contribution >= 0.6 is 0 Å². The predicted octanol–water partition coefficient (Wildman–Crippen LogP) is 2.03. The number of sulfonamides is 1. The van der Waals surface area contributed by atoms with E-state index in [1.54, 1.807) is 12.1 Å². The Kier molecular flexibility index (Phi) is 11.3. The number of nitrogens with zero attached hydrogens (tertiary/aromatic N) is 1. The van der Waals surface area contributed by atoms with E-state index in [0.717, 1.165) is 24.6 Å². The third-order valence-corrected chi connectivity index (χ3v) is 6.65. The van der Waals surface area contributed by atoms with Crippen molar-refractivity contribution in [1.29, 1.82) is 0 Å². The van der Waals surface area contributed by atoms with Crippen LogP contribution in [0.1, 0.15) is 42.6 Å². The van der Waals surface area contributed by atoms with Crippen molar-refractivity contribution in [3.8, 4) is 5.88 Å². The monoisotopic (exact) mass is 520 g/mol. The molecule has 11 nitrogen and oxygen atoms in total. The summed E-state index contributed by atoms with van der Waals surface area (Å²) in [5.41, 5.74) is 0.812. The fourth-order valence-corrected chi connectivity index (χ4v) is 4.14. The van der Waals surface area contributed by atoms with E-state index in [1.165, 1.54) is 31.4 Å². The van der Waals surface area contributed by atoms with Gasteiger partial charge in [-0.15, -0.1) is 0 Å². The second-order valence-electron chi connectivity index (χ2n) is 7.83. The number of methoxy groups -OCH3 is 1. The van der Waals surface area contributed by atoms with Crippen molar-refractivity contribution in [2.24, 2.45) is 5.92 Å². The van der Waals surface area contributed by atoms with Gasteiger partial charge in [0.2, 0.25) is 11.8 Å². The molecule has 0 atom stereocenters. The summed E-state index contributed by atoms with van der Waals surface area (Å²) in [5, 5.41) is 5.34. The molecule has 1 aromatic heterocycles. The molecule has 36 heavy (non-hydrogen) atoms. The summed E-state index contributed by atoms with van der Waals surface area (Å²) in [7, 11) is -2.63. The molecule has 0 fully saturated rings. The van der Waals surface area contributed by atoms with E-state index in [-0.39, 0.29) is 34.7 Å². The van der Waals surface area contributed by atoms with E-state index in [9.17, 15) is 22.8 Å². The van der Waals surface area contributed by atoms with Gasteiger partial charge >= 0.3 is 6.09 Å². The van der Waals surface area contributed by atoms with E-state index in [1.807, 2.05) is 18.6 Å². The van der Waals surface area contributed by atoms with Gasteiger partial charge in [0, 0.05) is 38.4 Å². The summed E-state index contributed by atoms with van der Waals surface area (Å²) in [4.78, 5) is 39.8. The van der Waals surface area contributed by atoms with Gasteiger partial charge in [-0.3, -0.25) is 9.59 Å². The number of pyridine rings is 1. The molecule has 2 rings (SSSR count). The largest absolute Gasteiger partial charge is 0.414 e. The van der Waals surface area contributed by atoms with Crippen LogP contribution in [0.5, 0.6) is 5.88 Å². The number of hydrogen-bond acceptors (Lipinski definition) is 8. The number of benzene rings is 1. The Morgan fingerprint density at radius 2 is 1.67 bits per heavy atom. The van der Waals surface area contributed by atoms with Crippen LogP contribution in [0.25, 0.3) is 0 Å². The molecule has 0 radical (unpaired) electrons. The van der Waals surface area contributed by atoms with Crippen molar-refractivity contribution in [3.05, 3.63) is 53.7 Å². The first kappa shape index (κ1) is 28.7. The maximum atomic E-state index is 12.6. The highest BCUT2D eigenvalue weighted by molar-refractivity contribution is 7.90. The average molecular weight is 521 g/mol. The summed E-state index contributed by atoms with van der Waals surface area (Å²) in [6.07, 6.45) is 2.46. The molecule has 1 aromatic carbocycles. The van der Waals surface area contributed by atoms with Crippen LogP contribution in [0, 0.1) is 5.92 Å². The van der Waals surface area contributed by atoms with Crippen LogP contribution in [-0.4, -0.2) is 58.1 Å². The van der Waals surface area contributed by atoms with E-state index in [2.05, 4.69) is 15.6 Å². The Hall–Kier alpha value is -3.51. The molecular weight excluding hydrogens is 488 g/mol. The Bertz CT molecular complexity index is 1120. The molecule has 12 heteroatoms. The number of carbonyl (C=O) groups excluding carboxylic acids is 3. The number of aromatic nitrogens is 1. The first-order valence-electron chi connectivity index (χ1n) is 11.5. The SMILES string of the molecule is CCC(CC)C(=O)NCCc1ccc(S(=O)(=O)NC(=O)c2ccc(OC(=O)NCCOC)nc2)cc1. The van der Waals surface area contributed by atoms with Crippen LogP contribution in [0.3, 0.4) is 0 Å². The molecule has 0 unspecified atom stereocenters. The fraction of sp³-hybridized carbons (Fsp3) is 0.417. The fourth-order valence-electron chi connectivity index (χ4n) is 3.17. The number of rotatable bonds is 13. The smallest absolute Gasteiger partial charge is 0.391 e. The summed E-state index contributed by atoms with van der Waals surface area (Å²) >= 11 is 0. The van der Waals surface area contributed by atoms with Crippen LogP contribution < -0.4 is 20.1 Å². The van der Waals surface area contributed by atoms with E-state index < -0.39 is 22.0 Å². The highest BCUT2D eigenvalue weighted by Gasteiger charge is 2.19. The van der Waals surface area contributed by atoms with Crippen LogP contribution in [0.4, 0.5) is 4.79 Å². The second-order valence-corrected chi connectivity index (χ2v) is 9.51. The second kappa shape index (κ2) is 14.1. The lowest BCUT2D eigenvalue weighted by Gasteiger charge is -2.13. The lowest BCUT2D eigenvalue weighted by Crippen LogP contribution is -2.31. The van der Waals surface area contributed by atoms with Crippen molar-refractivity contribution in [2.75, 3.05) is 26.8 Å². The van der Waals surface area contributed by atoms with Gasteiger partial charge < -0.3 is 20.1 Å². The normalized spacial score (nSPS) is 11.1. The number of nitrogens with one attached hydrogen (secondary N) is 3. The van der Waals surface area contributed by atoms with Gasteiger partial charge in [0.25, 0.3) is 15.9 Å². The van der Waals surface area contributed by atoms with E-state index in [4.69, 9.17) is 9.47 Å². The summed E-state index contributed by atoms with van der Waals surface area (Å²) in [5.74, 6) is -0.935. The van der Waals surface area contributed by atoms with Crippen LogP contribution in [0.15, 0.2) is 47.5 Å². The number of carbonyl (C=O) groups is 3. The first-order valence-corrected chi connectivity index (χ1v) is 13.0. The molecule has 0 aliphatic rings. The topological polar surface area (TPSA) is 153 Å². The van der Waals surface area contributed by atoms with Gasteiger partial charge in [-0.25, -0.2) is 22.9 Å². The zero-order valence-corrected chi connectivity index (χ0v) is 21.4. The van der Waals surface area contributed by atoms with Gasteiger partial charge in [0.15, 0.2) is 0 Å². The Morgan fingerprint density at radius 1 is 0.972 bits per heavy atom. The van der Waals surface area contributed by atoms with E-state index in [0.29, 0.717) is 19.6 Å². The molecule has 1 heterocycles. The van der Waals surface area contributed by atoms with Crippen LogP contribution in [0.2, 0.25) is 0 Å². The molecule has 3 N–H and O–H groups in total. The minimum absolute atomic E-state index is 0.00866. The molecule has 0 saturated carbocycles. The molecule has 0 bridgehead atoms. The minimum Gasteiger partial charge on any atom is -0.391 e. The molecular formula is C24H32N4O7S. The van der Waals surface area contributed by atoms with E-state index >= 15 is 0 Å². The highest BCUT2D eigenvalue weighted by Crippen LogP contribution is 2.13. The molecule has 0 saturated heterocycles. The standard InChI is InChI=1S/C24H32N4O7S/c1-4-18(5-2)22(29)25-13-12-17-6-9-20(10-7-17)36(32,33)28-23(30)19-8-11-21(27-16-19)35-24(31)26-14-15-34-3/h6-11,16,18H,4-5,12-15H2,1-3H3,(H,25,29)(H,26,31)(H,28,30). The zero-order chi connectivity index (χ0) is 26.6. The number of hydrogen-bond donors (Lipinski definition) is 3. The molecule has 0 aliphatic carbocycles. The maximum Gasteiger partial charge on any atom is 0.414 e. The Balaban J connectivity index is 1.90. The van der Waals surface area contributed by atoms with Gasteiger partial charge in [0.05, 0.1) is 17.1 Å². The number of ether oxygens (including phenoxy) is 2. The molecule has 0 spiro atoms. The van der Waals surface area contributed by atoms with Gasteiger partial charge in [-0.1, -0.05) is 26.0 Å². The Labute approximate surface area is 211 Å². The quantitative estimate of drug-likeness (QED) is 0.339. The Morgan fingerprint density at radius 3 is 2.25 bits per heavy atom. The summed E-state index contributed by atoms with van der Waals surface area (Å²) < 4.78 is 37.0. The number of amides is 3. The third kappa shape index (κ3) is 8.93. The van der Waals surface area contributed by atoms with Crippen molar-refractivity contribution >= 4 is 27.9 Å². The predicted molar refractivity (Wildman–Crippen MR) is 132 cm³/mol. The summed E-state index contributed by atoms with van der Waals surface area (Å²) in [6, 6.07) is 8.61. The van der Waals surface area contributed by atoms with Gasteiger partial charge in [0.1, 0.15) is 0 Å². The minimum atomic E-state index is -4.12. The van der Waals surface area contributed by atoms with Crippen LogP contribution in [-0.2, 0) is 26.0 Å². The average Bonchev–Trinajstić information content (AvgIpc) is 2.85. The summed E-state index contributed by atoms with van der Waals surface area (Å²) in [6.45, 7) is 4.95.